The lowest BCUT2D eigenvalue weighted by molar-refractivity contribution is -0.137. The number of hydrogen-bond acceptors (Lipinski definition) is 5. The van der Waals surface area contributed by atoms with Gasteiger partial charge in [-0.2, -0.15) is 13.2 Å². The molecule has 0 spiro atoms. The van der Waals surface area contributed by atoms with E-state index in [4.69, 9.17) is 5.73 Å². The highest BCUT2D eigenvalue weighted by Crippen LogP contribution is 2.37. The van der Waals surface area contributed by atoms with Crippen LogP contribution in [0.15, 0.2) is 24.5 Å². The quantitative estimate of drug-likeness (QED) is 0.870. The van der Waals surface area contributed by atoms with E-state index in [1.807, 2.05) is 0 Å². The van der Waals surface area contributed by atoms with Crippen LogP contribution in [-0.2, 0) is 6.18 Å². The van der Waals surface area contributed by atoms with Crippen LogP contribution in [0.2, 0.25) is 0 Å². The number of rotatable bonds is 2. The van der Waals surface area contributed by atoms with Crippen LogP contribution in [0.25, 0.3) is 5.82 Å². The fourth-order valence-corrected chi connectivity index (χ4v) is 3.80. The van der Waals surface area contributed by atoms with E-state index in [1.165, 1.54) is 16.9 Å². The summed E-state index contributed by atoms with van der Waals surface area (Å²) in [5, 5.41) is 7.66. The van der Waals surface area contributed by atoms with Crippen LogP contribution in [0.1, 0.15) is 28.9 Å². The van der Waals surface area contributed by atoms with E-state index in [2.05, 4.69) is 15.3 Å². The van der Waals surface area contributed by atoms with Crippen LogP contribution in [-0.4, -0.2) is 49.9 Å². The Balaban J connectivity index is 1.49. The number of pyridine rings is 1. The summed E-state index contributed by atoms with van der Waals surface area (Å²) in [6, 6.07) is 2.23. The molecule has 3 unspecified atom stereocenters. The Bertz CT molecular complexity index is 818. The van der Waals surface area contributed by atoms with Crippen molar-refractivity contribution >= 4 is 5.91 Å². The minimum absolute atomic E-state index is 0.129. The van der Waals surface area contributed by atoms with Crippen LogP contribution in [0.5, 0.6) is 0 Å². The lowest BCUT2D eigenvalue weighted by Crippen LogP contribution is -2.33. The van der Waals surface area contributed by atoms with Gasteiger partial charge in [0.15, 0.2) is 11.5 Å². The second-order valence-corrected chi connectivity index (χ2v) is 6.83. The van der Waals surface area contributed by atoms with E-state index in [1.54, 1.807) is 4.90 Å². The first-order chi connectivity index (χ1) is 12.3. The van der Waals surface area contributed by atoms with Crippen molar-refractivity contribution in [3.05, 3.63) is 35.8 Å². The predicted octanol–water partition coefficient (Wildman–Crippen LogP) is 1.49. The zero-order valence-corrected chi connectivity index (χ0v) is 13.7. The molecule has 1 saturated heterocycles. The van der Waals surface area contributed by atoms with E-state index < -0.39 is 11.7 Å². The normalized spacial score (nSPS) is 25.5. The molecule has 3 atom stereocenters. The van der Waals surface area contributed by atoms with Gasteiger partial charge in [-0.05, 0) is 36.8 Å². The molecule has 2 N–H and O–H groups in total. The lowest BCUT2D eigenvalue weighted by Gasteiger charge is -2.17. The average Bonchev–Trinajstić information content (AvgIpc) is 3.31. The molecule has 0 aromatic carbocycles. The molecule has 4 rings (SSSR count). The largest absolute Gasteiger partial charge is 0.417 e. The zero-order valence-electron chi connectivity index (χ0n) is 13.7. The molecule has 1 aliphatic carbocycles. The van der Waals surface area contributed by atoms with Crippen molar-refractivity contribution in [3.63, 3.8) is 0 Å². The summed E-state index contributed by atoms with van der Waals surface area (Å²) in [6.45, 7) is 1.26. The number of carbonyl (C=O) groups excluding carboxylic acids is 1. The van der Waals surface area contributed by atoms with E-state index in [0.29, 0.717) is 24.9 Å². The smallest absolute Gasteiger partial charge is 0.337 e. The second-order valence-electron chi connectivity index (χ2n) is 6.83. The molecule has 2 aromatic heterocycles. The van der Waals surface area contributed by atoms with Gasteiger partial charge in [-0.1, -0.05) is 5.21 Å². The summed E-state index contributed by atoms with van der Waals surface area (Å²) in [5.74, 6) is 0.667. The van der Waals surface area contributed by atoms with E-state index in [0.717, 1.165) is 25.1 Å². The number of nitrogens with two attached hydrogens (primary N) is 1. The molecule has 10 heteroatoms. The van der Waals surface area contributed by atoms with Gasteiger partial charge >= 0.3 is 6.18 Å². The monoisotopic (exact) mass is 366 g/mol. The highest BCUT2D eigenvalue weighted by Gasteiger charge is 2.43. The molecular formula is C16H17F3N6O. The fourth-order valence-electron chi connectivity index (χ4n) is 3.80. The van der Waals surface area contributed by atoms with Crippen molar-refractivity contribution in [1.29, 1.82) is 0 Å². The molecule has 2 aromatic rings. The maximum Gasteiger partial charge on any atom is 0.417 e. The summed E-state index contributed by atoms with van der Waals surface area (Å²) in [5.41, 5.74) is 5.38. The molecule has 0 bridgehead atoms. The van der Waals surface area contributed by atoms with Gasteiger partial charge in [0.2, 0.25) is 0 Å². The molecule has 2 aliphatic rings. The van der Waals surface area contributed by atoms with E-state index in [9.17, 15) is 18.0 Å². The molecule has 1 amide bonds. The summed E-state index contributed by atoms with van der Waals surface area (Å²) in [4.78, 5) is 18.1. The molecule has 26 heavy (non-hydrogen) atoms. The fraction of sp³-hybridized carbons (Fsp3) is 0.500. The van der Waals surface area contributed by atoms with Crippen molar-refractivity contribution in [3.8, 4) is 5.82 Å². The number of likely N-dealkylation sites (tertiary alicyclic amines) is 1. The van der Waals surface area contributed by atoms with Gasteiger partial charge in [0.05, 0.1) is 11.8 Å². The average molecular weight is 366 g/mol. The van der Waals surface area contributed by atoms with E-state index >= 15 is 0 Å². The summed E-state index contributed by atoms with van der Waals surface area (Å²) in [7, 11) is 0. The van der Waals surface area contributed by atoms with Gasteiger partial charge in [-0.3, -0.25) is 4.79 Å². The van der Waals surface area contributed by atoms with Gasteiger partial charge in [0.25, 0.3) is 5.91 Å². The number of amides is 1. The zero-order chi connectivity index (χ0) is 18.5. The van der Waals surface area contributed by atoms with Gasteiger partial charge in [0, 0.05) is 25.3 Å². The van der Waals surface area contributed by atoms with Crippen molar-refractivity contribution in [2.75, 3.05) is 13.1 Å². The van der Waals surface area contributed by atoms with Crippen molar-refractivity contribution < 1.29 is 18.0 Å². The Hall–Kier alpha value is -2.49. The van der Waals surface area contributed by atoms with Crippen molar-refractivity contribution in [1.82, 2.24) is 24.9 Å². The Morgan fingerprint density at radius 3 is 2.69 bits per heavy atom. The third-order valence-electron chi connectivity index (χ3n) is 5.22. The number of carbonyl (C=O) groups is 1. The van der Waals surface area contributed by atoms with E-state index in [-0.39, 0.29) is 23.5 Å². The molecular weight excluding hydrogens is 349 g/mol. The highest BCUT2D eigenvalue weighted by molar-refractivity contribution is 5.92. The summed E-state index contributed by atoms with van der Waals surface area (Å²) in [6.07, 6.45) is -0.331. The van der Waals surface area contributed by atoms with Gasteiger partial charge < -0.3 is 10.6 Å². The van der Waals surface area contributed by atoms with Crippen LogP contribution in [0, 0.1) is 11.8 Å². The Labute approximate surface area is 147 Å². The second kappa shape index (κ2) is 6.04. The maximum absolute atomic E-state index is 12.6. The Kier molecular flexibility index (Phi) is 3.94. The topological polar surface area (TPSA) is 89.9 Å². The van der Waals surface area contributed by atoms with Crippen LogP contribution in [0.4, 0.5) is 13.2 Å². The third kappa shape index (κ3) is 2.94. The summed E-state index contributed by atoms with van der Waals surface area (Å²) < 4.78 is 39.0. The molecule has 138 valence electrons. The number of alkyl halides is 3. The lowest BCUT2D eigenvalue weighted by atomic mass is 9.98. The standard InChI is InChI=1S/C16H17F3N6O/c17-16(18,19)10-2-4-14(21-5-10)25-8-13(22-23-25)15(26)24-6-9-1-3-12(20)11(9)7-24/h2,4-5,8-9,11-12H,1,3,6-7,20H2. The number of hydrogen-bond donors (Lipinski definition) is 1. The molecule has 1 aliphatic heterocycles. The van der Waals surface area contributed by atoms with Crippen molar-refractivity contribution in [2.24, 2.45) is 17.6 Å². The minimum atomic E-state index is -4.45. The number of nitrogens with zero attached hydrogens (tertiary/aromatic N) is 5. The molecule has 0 radical (unpaired) electrons. The van der Waals surface area contributed by atoms with Gasteiger partial charge in [-0.15, -0.1) is 5.10 Å². The van der Waals surface area contributed by atoms with Gasteiger partial charge in [0.1, 0.15) is 0 Å². The summed E-state index contributed by atoms with van der Waals surface area (Å²) >= 11 is 0. The first-order valence-corrected chi connectivity index (χ1v) is 8.34. The third-order valence-corrected chi connectivity index (χ3v) is 5.22. The first kappa shape index (κ1) is 17.0. The Morgan fingerprint density at radius 1 is 1.23 bits per heavy atom. The van der Waals surface area contributed by atoms with Gasteiger partial charge in [-0.25, -0.2) is 9.67 Å². The minimum Gasteiger partial charge on any atom is -0.337 e. The number of fused-ring (bicyclic) bond motifs is 1. The highest BCUT2D eigenvalue weighted by atomic mass is 19.4. The SMILES string of the molecule is NC1CCC2CN(C(=O)c3cn(-c4ccc(C(F)(F)F)cn4)nn3)CC12. The number of aromatic nitrogens is 4. The maximum atomic E-state index is 12.6. The Morgan fingerprint density at radius 2 is 2.04 bits per heavy atom. The molecule has 1 saturated carbocycles. The molecule has 3 heterocycles. The molecule has 2 fully saturated rings. The van der Waals surface area contributed by atoms with Crippen LogP contribution >= 0.6 is 0 Å². The van der Waals surface area contributed by atoms with Crippen LogP contribution in [0.3, 0.4) is 0 Å². The number of halogens is 3. The first-order valence-electron chi connectivity index (χ1n) is 8.34. The molecule has 7 nitrogen and oxygen atoms in total. The van der Waals surface area contributed by atoms with Crippen LogP contribution < -0.4 is 5.73 Å². The van der Waals surface area contributed by atoms with Crippen molar-refractivity contribution in [2.45, 2.75) is 25.1 Å². The predicted molar refractivity (Wildman–Crippen MR) is 84.2 cm³/mol.